The van der Waals surface area contributed by atoms with Gasteiger partial charge >= 0.3 is 0 Å². The van der Waals surface area contributed by atoms with E-state index in [1.807, 2.05) is 19.1 Å². The van der Waals surface area contributed by atoms with E-state index in [1.165, 1.54) is 11.1 Å². The smallest absolute Gasteiger partial charge is 0.0409 e. The minimum Gasteiger partial charge on any atom is -0.122 e. The van der Waals surface area contributed by atoms with Gasteiger partial charge in [0.1, 0.15) is 0 Å². The summed E-state index contributed by atoms with van der Waals surface area (Å²) in [7, 11) is 0. The highest BCUT2D eigenvalue weighted by atomic mass is 35.5. The Bertz CT molecular complexity index is 181. The maximum absolute atomic E-state index is 5.51. The Hall–Kier alpha value is -0.490. The van der Waals surface area contributed by atoms with Crippen LogP contribution in [-0.4, -0.2) is 5.88 Å². The molecule has 0 aliphatic carbocycles. The number of rotatable bonds is 3. The number of halogens is 1. The van der Waals surface area contributed by atoms with Crippen molar-refractivity contribution in [2.24, 2.45) is 0 Å². The lowest BCUT2D eigenvalue weighted by Gasteiger charge is -1.87. The van der Waals surface area contributed by atoms with Crippen LogP contribution in [-0.2, 0) is 0 Å². The Morgan fingerprint density at radius 1 is 1.27 bits per heavy atom. The van der Waals surface area contributed by atoms with E-state index in [2.05, 4.69) is 26.0 Å². The van der Waals surface area contributed by atoms with Crippen molar-refractivity contribution in [1.82, 2.24) is 0 Å². The molecule has 0 aromatic carbocycles. The normalized spacial score (nSPS) is 12.2. The van der Waals surface area contributed by atoms with Gasteiger partial charge in [0.2, 0.25) is 0 Å². The Kier molecular flexibility index (Phi) is 5.96. The fourth-order valence-electron chi connectivity index (χ4n) is 0.582. The van der Waals surface area contributed by atoms with Gasteiger partial charge in [-0.2, -0.15) is 0 Å². The first kappa shape index (κ1) is 10.5. The van der Waals surface area contributed by atoms with Crippen LogP contribution in [0.2, 0.25) is 0 Å². The molecule has 62 valence electrons. The molecule has 11 heavy (non-hydrogen) atoms. The molecule has 0 radical (unpaired) electrons. The molecule has 0 unspecified atom stereocenters. The molecule has 0 fully saturated rings. The zero-order valence-electron chi connectivity index (χ0n) is 7.39. The van der Waals surface area contributed by atoms with E-state index in [9.17, 15) is 0 Å². The van der Waals surface area contributed by atoms with Crippen molar-refractivity contribution in [3.63, 3.8) is 0 Å². The highest BCUT2D eigenvalue weighted by Crippen LogP contribution is 1.97. The van der Waals surface area contributed by atoms with E-state index in [-0.39, 0.29) is 0 Å². The van der Waals surface area contributed by atoms with Crippen molar-refractivity contribution in [2.75, 3.05) is 5.88 Å². The van der Waals surface area contributed by atoms with Gasteiger partial charge in [0, 0.05) is 5.88 Å². The fourth-order valence-corrected chi connectivity index (χ4v) is 0.825. The SMILES string of the molecule is CC(C)=C/C=C/C(C)=C/CCl. The van der Waals surface area contributed by atoms with E-state index < -0.39 is 0 Å². The van der Waals surface area contributed by atoms with Gasteiger partial charge in [-0.15, -0.1) is 11.6 Å². The Labute approximate surface area is 74.3 Å². The molecule has 0 saturated carbocycles. The van der Waals surface area contributed by atoms with Gasteiger partial charge in [0.15, 0.2) is 0 Å². The van der Waals surface area contributed by atoms with Crippen LogP contribution in [0.4, 0.5) is 0 Å². The predicted molar refractivity (Wildman–Crippen MR) is 53.0 cm³/mol. The molecular weight excluding hydrogens is 156 g/mol. The molecule has 1 heteroatoms. The zero-order valence-corrected chi connectivity index (χ0v) is 8.15. The van der Waals surface area contributed by atoms with Crippen molar-refractivity contribution >= 4 is 11.6 Å². The molecule has 0 N–H and O–H groups in total. The molecule has 0 rings (SSSR count). The maximum atomic E-state index is 5.51. The topological polar surface area (TPSA) is 0 Å². The largest absolute Gasteiger partial charge is 0.122 e. The maximum Gasteiger partial charge on any atom is 0.0409 e. The molecule has 0 aromatic heterocycles. The number of hydrogen-bond donors (Lipinski definition) is 0. The third-order valence-corrected chi connectivity index (χ3v) is 1.34. The van der Waals surface area contributed by atoms with Crippen molar-refractivity contribution < 1.29 is 0 Å². The van der Waals surface area contributed by atoms with Crippen molar-refractivity contribution in [1.29, 1.82) is 0 Å². The van der Waals surface area contributed by atoms with Gasteiger partial charge in [-0.3, -0.25) is 0 Å². The van der Waals surface area contributed by atoms with Crippen molar-refractivity contribution in [3.05, 3.63) is 35.5 Å². The molecule has 0 atom stereocenters. The van der Waals surface area contributed by atoms with Gasteiger partial charge in [0.25, 0.3) is 0 Å². The lowest BCUT2D eigenvalue weighted by Crippen LogP contribution is -1.69. The summed E-state index contributed by atoms with van der Waals surface area (Å²) in [6.07, 6.45) is 8.14. The summed E-state index contributed by atoms with van der Waals surface area (Å²) in [4.78, 5) is 0. The Morgan fingerprint density at radius 3 is 2.36 bits per heavy atom. The van der Waals surface area contributed by atoms with Crippen molar-refractivity contribution in [2.45, 2.75) is 20.8 Å². The predicted octanol–water partition coefficient (Wildman–Crippen LogP) is 3.69. The monoisotopic (exact) mass is 170 g/mol. The minimum atomic E-state index is 0.588. The molecule has 0 aliphatic rings. The molecule has 0 spiro atoms. The van der Waals surface area contributed by atoms with Gasteiger partial charge in [-0.25, -0.2) is 0 Å². The second kappa shape index (κ2) is 6.23. The summed E-state index contributed by atoms with van der Waals surface area (Å²) >= 11 is 5.51. The lowest BCUT2D eigenvalue weighted by molar-refractivity contribution is 1.39. The van der Waals surface area contributed by atoms with Gasteiger partial charge < -0.3 is 0 Å². The molecule has 0 saturated heterocycles. The number of allylic oxidation sites excluding steroid dienone is 6. The summed E-state index contributed by atoms with van der Waals surface area (Å²) in [5.74, 6) is 0.588. The van der Waals surface area contributed by atoms with Crippen LogP contribution in [0.15, 0.2) is 35.5 Å². The van der Waals surface area contributed by atoms with E-state index >= 15 is 0 Å². The van der Waals surface area contributed by atoms with E-state index in [0.29, 0.717) is 5.88 Å². The van der Waals surface area contributed by atoms with E-state index in [0.717, 1.165) is 0 Å². The van der Waals surface area contributed by atoms with E-state index in [4.69, 9.17) is 11.6 Å². The summed E-state index contributed by atoms with van der Waals surface area (Å²) in [6.45, 7) is 6.19. The standard InChI is InChI=1S/C10H15Cl/c1-9(2)5-4-6-10(3)7-8-11/h4-7H,8H2,1-3H3/b6-4+,10-7+. The van der Waals surface area contributed by atoms with E-state index in [1.54, 1.807) is 0 Å². The van der Waals surface area contributed by atoms with Crippen molar-refractivity contribution in [3.8, 4) is 0 Å². The highest BCUT2D eigenvalue weighted by Gasteiger charge is 1.77. The van der Waals surface area contributed by atoms with Crippen LogP contribution in [0.3, 0.4) is 0 Å². The molecular formula is C10H15Cl. The van der Waals surface area contributed by atoms with Gasteiger partial charge in [0.05, 0.1) is 0 Å². The molecule has 0 amide bonds. The second-order valence-corrected chi connectivity index (χ2v) is 3.01. The van der Waals surface area contributed by atoms with Gasteiger partial charge in [-0.05, 0) is 20.8 Å². The summed E-state index contributed by atoms with van der Waals surface area (Å²) in [5.41, 5.74) is 2.51. The van der Waals surface area contributed by atoms with Crippen LogP contribution in [0.5, 0.6) is 0 Å². The van der Waals surface area contributed by atoms with Crippen LogP contribution >= 0.6 is 11.6 Å². The Balaban J connectivity index is 3.93. The van der Waals surface area contributed by atoms with Crippen LogP contribution in [0.1, 0.15) is 20.8 Å². The molecule has 0 nitrogen and oxygen atoms in total. The first-order chi connectivity index (χ1) is 5.16. The zero-order chi connectivity index (χ0) is 8.69. The number of hydrogen-bond acceptors (Lipinski definition) is 0. The molecule has 0 aliphatic heterocycles. The van der Waals surface area contributed by atoms with Crippen LogP contribution < -0.4 is 0 Å². The minimum absolute atomic E-state index is 0.588. The molecule has 0 bridgehead atoms. The third kappa shape index (κ3) is 7.41. The lowest BCUT2D eigenvalue weighted by atomic mass is 10.2. The Morgan fingerprint density at radius 2 is 1.91 bits per heavy atom. The quantitative estimate of drug-likeness (QED) is 0.448. The van der Waals surface area contributed by atoms with Gasteiger partial charge in [-0.1, -0.05) is 35.5 Å². The summed E-state index contributed by atoms with van der Waals surface area (Å²) < 4.78 is 0. The molecule has 0 heterocycles. The second-order valence-electron chi connectivity index (χ2n) is 2.71. The van der Waals surface area contributed by atoms with Crippen LogP contribution in [0.25, 0.3) is 0 Å². The first-order valence-corrected chi connectivity index (χ1v) is 4.24. The average Bonchev–Trinajstić information content (AvgIpc) is 1.87. The number of alkyl halides is 1. The highest BCUT2D eigenvalue weighted by molar-refractivity contribution is 6.18. The molecule has 0 aromatic rings. The summed E-state index contributed by atoms with van der Waals surface area (Å²) in [6, 6.07) is 0. The first-order valence-electron chi connectivity index (χ1n) is 3.71. The van der Waals surface area contributed by atoms with Crippen LogP contribution in [0, 0.1) is 0 Å². The fraction of sp³-hybridized carbons (Fsp3) is 0.400. The third-order valence-electron chi connectivity index (χ3n) is 1.19. The average molecular weight is 171 g/mol. The summed E-state index contributed by atoms with van der Waals surface area (Å²) in [5, 5.41) is 0.